The third kappa shape index (κ3) is 2.63. The molecule has 5 nitrogen and oxygen atoms in total. The number of carboxylic acids is 1. The molecule has 0 saturated carbocycles. The molecule has 100 valence electrons. The number of rotatable bonds is 4. The number of H-pyrrole nitrogens is 1. The van der Waals surface area contributed by atoms with E-state index in [1.54, 1.807) is 19.1 Å². The maximum absolute atomic E-state index is 11.3. The number of hydrogen-bond acceptors (Lipinski definition) is 3. The zero-order valence-electron chi connectivity index (χ0n) is 10.5. The molecule has 0 unspecified atom stereocenters. The Kier molecular flexibility index (Phi) is 3.90. The summed E-state index contributed by atoms with van der Waals surface area (Å²) in [6.45, 7) is 4.05. The maximum Gasteiger partial charge on any atom is 0.339 e. The van der Waals surface area contributed by atoms with Crippen molar-refractivity contribution in [2.24, 2.45) is 0 Å². The average molecular weight is 325 g/mol. The van der Waals surface area contributed by atoms with Gasteiger partial charge in [-0.2, -0.15) is 5.10 Å². The van der Waals surface area contributed by atoms with Gasteiger partial charge in [-0.1, -0.05) is 15.9 Å². The third-order valence-corrected chi connectivity index (χ3v) is 3.15. The lowest BCUT2D eigenvalue weighted by atomic mass is 10.1. The number of nitrogens with zero attached hydrogens (tertiary/aromatic N) is 1. The predicted molar refractivity (Wildman–Crippen MR) is 74.6 cm³/mol. The van der Waals surface area contributed by atoms with Crippen LogP contribution in [0.3, 0.4) is 0 Å². The van der Waals surface area contributed by atoms with E-state index in [0.717, 1.165) is 4.47 Å². The second kappa shape index (κ2) is 5.44. The number of carbonyl (C=O) groups is 1. The van der Waals surface area contributed by atoms with Crippen molar-refractivity contribution >= 4 is 21.9 Å². The molecule has 0 aliphatic rings. The molecule has 0 saturated heterocycles. The van der Waals surface area contributed by atoms with Crippen molar-refractivity contribution < 1.29 is 14.6 Å². The number of halogens is 1. The smallest absolute Gasteiger partial charge is 0.339 e. The minimum atomic E-state index is -1.01. The van der Waals surface area contributed by atoms with Crippen LogP contribution in [0.4, 0.5) is 0 Å². The molecular formula is C13H13BrN2O3. The second-order valence-corrected chi connectivity index (χ2v) is 4.87. The fourth-order valence-corrected chi connectivity index (χ4v) is 2.22. The minimum Gasteiger partial charge on any atom is -0.493 e. The Morgan fingerprint density at radius 3 is 2.89 bits per heavy atom. The van der Waals surface area contributed by atoms with Crippen LogP contribution in [0.15, 0.2) is 22.7 Å². The first-order chi connectivity index (χ1) is 9.04. The SMILES string of the molecule is CCOc1ccc(Br)cc1-c1n[nH]c(C)c1C(=O)O. The van der Waals surface area contributed by atoms with E-state index in [9.17, 15) is 9.90 Å². The first kappa shape index (κ1) is 13.6. The van der Waals surface area contributed by atoms with Crippen molar-refractivity contribution in [3.63, 3.8) is 0 Å². The number of nitrogens with one attached hydrogen (secondary N) is 1. The van der Waals surface area contributed by atoms with E-state index in [2.05, 4.69) is 26.1 Å². The highest BCUT2D eigenvalue weighted by Gasteiger charge is 2.21. The second-order valence-electron chi connectivity index (χ2n) is 3.95. The van der Waals surface area contributed by atoms with Gasteiger partial charge in [0.1, 0.15) is 17.0 Å². The van der Waals surface area contributed by atoms with E-state index >= 15 is 0 Å². The summed E-state index contributed by atoms with van der Waals surface area (Å²) in [6, 6.07) is 5.43. The van der Waals surface area contributed by atoms with Gasteiger partial charge in [0.2, 0.25) is 0 Å². The number of aromatic nitrogens is 2. The monoisotopic (exact) mass is 324 g/mol. The number of hydrogen-bond donors (Lipinski definition) is 2. The number of aromatic carboxylic acids is 1. The molecule has 0 atom stereocenters. The van der Waals surface area contributed by atoms with Crippen LogP contribution in [-0.4, -0.2) is 27.9 Å². The van der Waals surface area contributed by atoms with Crippen LogP contribution in [0.1, 0.15) is 23.0 Å². The molecule has 1 aromatic carbocycles. The lowest BCUT2D eigenvalue weighted by molar-refractivity contribution is 0.0697. The number of aryl methyl sites for hydroxylation is 1. The highest BCUT2D eigenvalue weighted by molar-refractivity contribution is 9.10. The summed E-state index contributed by atoms with van der Waals surface area (Å²) in [5, 5.41) is 16.1. The summed E-state index contributed by atoms with van der Waals surface area (Å²) >= 11 is 3.37. The van der Waals surface area contributed by atoms with Gasteiger partial charge in [0.05, 0.1) is 6.61 Å². The van der Waals surface area contributed by atoms with Crippen LogP contribution < -0.4 is 4.74 Å². The van der Waals surface area contributed by atoms with Gasteiger partial charge in [0.25, 0.3) is 0 Å². The number of aromatic amines is 1. The summed E-state index contributed by atoms with van der Waals surface area (Å²) in [5.74, 6) is -0.400. The topological polar surface area (TPSA) is 75.2 Å². The van der Waals surface area contributed by atoms with Crippen molar-refractivity contribution in [2.45, 2.75) is 13.8 Å². The highest BCUT2D eigenvalue weighted by atomic mass is 79.9. The first-order valence-electron chi connectivity index (χ1n) is 5.75. The van der Waals surface area contributed by atoms with E-state index in [1.807, 2.05) is 13.0 Å². The Morgan fingerprint density at radius 2 is 2.26 bits per heavy atom. The molecule has 0 fully saturated rings. The lowest BCUT2D eigenvalue weighted by Gasteiger charge is -2.09. The van der Waals surface area contributed by atoms with Gasteiger partial charge in [0.15, 0.2) is 0 Å². The Morgan fingerprint density at radius 1 is 1.53 bits per heavy atom. The summed E-state index contributed by atoms with van der Waals surface area (Å²) in [4.78, 5) is 11.3. The van der Waals surface area contributed by atoms with Gasteiger partial charge in [-0.05, 0) is 32.0 Å². The van der Waals surface area contributed by atoms with Gasteiger partial charge >= 0.3 is 5.97 Å². The lowest BCUT2D eigenvalue weighted by Crippen LogP contribution is -2.01. The molecule has 1 aromatic heterocycles. The molecule has 2 aromatic rings. The first-order valence-corrected chi connectivity index (χ1v) is 6.54. The molecule has 0 amide bonds. The molecule has 1 heterocycles. The van der Waals surface area contributed by atoms with Gasteiger partial charge < -0.3 is 9.84 Å². The van der Waals surface area contributed by atoms with Crippen LogP contribution in [0, 0.1) is 6.92 Å². The zero-order chi connectivity index (χ0) is 14.0. The van der Waals surface area contributed by atoms with Crippen molar-refractivity contribution in [3.05, 3.63) is 33.9 Å². The fraction of sp³-hybridized carbons (Fsp3) is 0.231. The van der Waals surface area contributed by atoms with Crippen LogP contribution >= 0.6 is 15.9 Å². The molecule has 0 radical (unpaired) electrons. The van der Waals surface area contributed by atoms with Gasteiger partial charge in [-0.15, -0.1) is 0 Å². The summed E-state index contributed by atoms with van der Waals surface area (Å²) in [5.41, 5.74) is 1.72. The van der Waals surface area contributed by atoms with Crippen LogP contribution in [0.5, 0.6) is 5.75 Å². The fourth-order valence-electron chi connectivity index (χ4n) is 1.85. The summed E-state index contributed by atoms with van der Waals surface area (Å²) in [7, 11) is 0. The third-order valence-electron chi connectivity index (χ3n) is 2.66. The molecule has 0 bridgehead atoms. The van der Waals surface area contributed by atoms with Gasteiger partial charge in [-0.25, -0.2) is 4.79 Å². The van der Waals surface area contributed by atoms with Crippen LogP contribution in [0.25, 0.3) is 11.3 Å². The summed E-state index contributed by atoms with van der Waals surface area (Å²) in [6.07, 6.45) is 0. The summed E-state index contributed by atoms with van der Waals surface area (Å²) < 4.78 is 6.36. The molecule has 2 rings (SSSR count). The quantitative estimate of drug-likeness (QED) is 0.905. The van der Waals surface area contributed by atoms with E-state index in [0.29, 0.717) is 29.3 Å². The Hall–Kier alpha value is -1.82. The molecule has 0 aliphatic carbocycles. The maximum atomic E-state index is 11.3. The Balaban J connectivity index is 2.64. The normalized spacial score (nSPS) is 10.5. The van der Waals surface area contributed by atoms with E-state index in [-0.39, 0.29) is 5.56 Å². The average Bonchev–Trinajstić information content (AvgIpc) is 2.73. The van der Waals surface area contributed by atoms with Gasteiger partial charge in [-0.3, -0.25) is 5.10 Å². The molecular weight excluding hydrogens is 312 g/mol. The molecule has 0 spiro atoms. The molecule has 19 heavy (non-hydrogen) atoms. The number of benzene rings is 1. The van der Waals surface area contributed by atoms with E-state index in [1.165, 1.54) is 0 Å². The standard InChI is InChI=1S/C13H13BrN2O3/c1-3-19-10-5-4-8(14)6-9(10)12-11(13(17)18)7(2)15-16-12/h4-6H,3H2,1-2H3,(H,15,16)(H,17,18). The molecule has 0 aliphatic heterocycles. The van der Waals surface area contributed by atoms with E-state index < -0.39 is 5.97 Å². The van der Waals surface area contributed by atoms with E-state index in [4.69, 9.17) is 4.74 Å². The Bertz CT molecular complexity index is 622. The van der Waals surface area contributed by atoms with Crippen molar-refractivity contribution in [1.82, 2.24) is 10.2 Å². The number of carboxylic acid groups (broad SMARTS) is 1. The zero-order valence-corrected chi connectivity index (χ0v) is 12.1. The Labute approximate surface area is 118 Å². The molecule has 2 N–H and O–H groups in total. The number of ether oxygens (including phenoxy) is 1. The van der Waals surface area contributed by atoms with Gasteiger partial charge in [0, 0.05) is 15.7 Å². The predicted octanol–water partition coefficient (Wildman–Crippen LogP) is 3.24. The van der Waals surface area contributed by atoms with Crippen molar-refractivity contribution in [3.8, 4) is 17.0 Å². The molecule has 6 heteroatoms. The van der Waals surface area contributed by atoms with Crippen LogP contribution in [0.2, 0.25) is 0 Å². The highest BCUT2D eigenvalue weighted by Crippen LogP contribution is 2.34. The van der Waals surface area contributed by atoms with Crippen molar-refractivity contribution in [2.75, 3.05) is 6.61 Å². The van der Waals surface area contributed by atoms with Crippen LogP contribution in [-0.2, 0) is 0 Å². The van der Waals surface area contributed by atoms with Crippen molar-refractivity contribution in [1.29, 1.82) is 0 Å². The minimum absolute atomic E-state index is 0.166. The largest absolute Gasteiger partial charge is 0.493 e.